The van der Waals surface area contributed by atoms with Crippen LogP contribution < -0.4 is 20.4 Å². The maximum absolute atomic E-state index is 14.1. The lowest BCUT2D eigenvalue weighted by Crippen LogP contribution is -3.15. The highest BCUT2D eigenvalue weighted by atomic mass is 19.1. The second-order valence-electron chi connectivity index (χ2n) is 8.31. The van der Waals surface area contributed by atoms with E-state index in [4.69, 9.17) is 4.42 Å². The summed E-state index contributed by atoms with van der Waals surface area (Å²) in [6.07, 6.45) is 2.43. The van der Waals surface area contributed by atoms with Crippen molar-refractivity contribution in [3.05, 3.63) is 54.2 Å². The van der Waals surface area contributed by atoms with E-state index in [0.717, 1.165) is 25.3 Å². The largest absolute Gasteiger partial charge is 0.463 e. The number of piperazine rings is 1. The van der Waals surface area contributed by atoms with Gasteiger partial charge in [0.1, 0.15) is 5.82 Å². The van der Waals surface area contributed by atoms with Gasteiger partial charge in [-0.3, -0.25) is 9.59 Å². The molecule has 1 aliphatic rings. The fourth-order valence-corrected chi connectivity index (χ4v) is 3.86. The zero-order chi connectivity index (χ0) is 22.2. The molecule has 0 bridgehead atoms. The molecule has 31 heavy (non-hydrogen) atoms. The summed E-state index contributed by atoms with van der Waals surface area (Å²) in [5.41, 5.74) is 0.613. The number of quaternary nitrogens is 1. The summed E-state index contributed by atoms with van der Waals surface area (Å²) in [7, 11) is 0. The predicted molar refractivity (Wildman–Crippen MR) is 116 cm³/mol. The maximum Gasteiger partial charge on any atom is 0.309 e. The molecule has 0 aliphatic carbocycles. The van der Waals surface area contributed by atoms with Crippen LogP contribution in [0.1, 0.15) is 32.1 Å². The summed E-state index contributed by atoms with van der Waals surface area (Å²) in [5.74, 6) is -0.250. The number of rotatable bonds is 8. The van der Waals surface area contributed by atoms with Crippen molar-refractivity contribution in [1.29, 1.82) is 0 Å². The Kier molecular flexibility index (Phi) is 8.06. The molecule has 2 aromatic rings. The zero-order valence-corrected chi connectivity index (χ0v) is 18.2. The van der Waals surface area contributed by atoms with E-state index in [2.05, 4.69) is 24.5 Å². The van der Waals surface area contributed by atoms with E-state index in [1.54, 1.807) is 18.4 Å². The van der Waals surface area contributed by atoms with E-state index in [-0.39, 0.29) is 11.9 Å². The number of nitrogens with zero attached hydrogens (tertiary/aromatic N) is 1. The number of halogens is 1. The molecule has 0 saturated carbocycles. The maximum atomic E-state index is 14.1. The Hall–Kier alpha value is -2.87. The monoisotopic (exact) mass is 431 g/mol. The number of amides is 2. The van der Waals surface area contributed by atoms with Gasteiger partial charge in [0.05, 0.1) is 44.7 Å². The Balaban J connectivity index is 1.56. The number of para-hydroxylation sites is 1. The minimum absolute atomic E-state index is 0.120. The van der Waals surface area contributed by atoms with Crippen LogP contribution in [-0.4, -0.2) is 51.1 Å². The van der Waals surface area contributed by atoms with Gasteiger partial charge in [0.25, 0.3) is 0 Å². The van der Waals surface area contributed by atoms with Crippen molar-refractivity contribution >= 4 is 17.5 Å². The predicted octanol–water partition coefficient (Wildman–Crippen LogP) is 1.14. The topological polar surface area (TPSA) is 79.0 Å². The molecule has 2 heterocycles. The molecule has 1 aromatic carbocycles. The first-order valence-corrected chi connectivity index (χ1v) is 10.9. The van der Waals surface area contributed by atoms with Gasteiger partial charge in [-0.2, -0.15) is 0 Å². The van der Waals surface area contributed by atoms with Crippen LogP contribution in [0.25, 0.3) is 0 Å². The number of furan rings is 1. The molecule has 0 radical (unpaired) electrons. The van der Waals surface area contributed by atoms with Gasteiger partial charge in [-0.05, 0) is 36.6 Å². The SMILES string of the molecule is CC(C)CCNC(=O)C(=O)NC[C@@H](c1ccco1)[NH+]1CCN(c2ccccc2F)CC1. The van der Waals surface area contributed by atoms with Crippen molar-refractivity contribution < 1.29 is 23.3 Å². The first kappa shape index (κ1) is 22.8. The minimum atomic E-state index is -0.635. The fourth-order valence-electron chi connectivity index (χ4n) is 3.86. The zero-order valence-electron chi connectivity index (χ0n) is 18.2. The van der Waals surface area contributed by atoms with E-state index in [1.165, 1.54) is 11.0 Å². The lowest BCUT2D eigenvalue weighted by atomic mass is 10.1. The Labute approximate surface area is 182 Å². The fraction of sp³-hybridized carbons (Fsp3) is 0.478. The molecule has 1 aromatic heterocycles. The van der Waals surface area contributed by atoms with Crippen molar-refractivity contribution in [2.24, 2.45) is 5.92 Å². The summed E-state index contributed by atoms with van der Waals surface area (Å²) in [4.78, 5) is 27.5. The standard InChI is InChI=1S/C23H31FN4O3/c1-17(2)9-10-25-22(29)23(30)26-16-20(21-8-5-15-31-21)28-13-11-27(12-14-28)19-7-4-3-6-18(19)24/h3-8,15,17,20H,9-14,16H2,1-2H3,(H,25,29)(H,26,30)/p+1/t20-/m0/s1. The Morgan fingerprint density at radius 2 is 1.81 bits per heavy atom. The third-order valence-corrected chi connectivity index (χ3v) is 5.66. The van der Waals surface area contributed by atoms with E-state index in [0.29, 0.717) is 37.8 Å². The molecule has 1 atom stereocenters. The van der Waals surface area contributed by atoms with Gasteiger partial charge < -0.3 is 24.9 Å². The third-order valence-electron chi connectivity index (χ3n) is 5.66. The highest BCUT2D eigenvalue weighted by Crippen LogP contribution is 2.19. The third kappa shape index (κ3) is 6.30. The van der Waals surface area contributed by atoms with E-state index in [9.17, 15) is 14.0 Å². The van der Waals surface area contributed by atoms with Gasteiger partial charge in [-0.15, -0.1) is 0 Å². The van der Waals surface area contributed by atoms with Crippen LogP contribution in [0.4, 0.5) is 10.1 Å². The summed E-state index contributed by atoms with van der Waals surface area (Å²) in [6.45, 7) is 7.80. The van der Waals surface area contributed by atoms with Gasteiger partial charge in [-0.1, -0.05) is 26.0 Å². The number of anilines is 1. The second kappa shape index (κ2) is 10.9. The molecule has 3 N–H and O–H groups in total. The summed E-state index contributed by atoms with van der Waals surface area (Å²) in [6, 6.07) is 10.4. The summed E-state index contributed by atoms with van der Waals surface area (Å²) < 4.78 is 19.7. The van der Waals surface area contributed by atoms with Crippen molar-refractivity contribution in [2.45, 2.75) is 26.3 Å². The second-order valence-corrected chi connectivity index (χ2v) is 8.31. The summed E-state index contributed by atoms with van der Waals surface area (Å²) in [5, 5.41) is 5.41. The van der Waals surface area contributed by atoms with Crippen LogP contribution in [0.5, 0.6) is 0 Å². The van der Waals surface area contributed by atoms with Crippen LogP contribution in [0.3, 0.4) is 0 Å². The number of nitrogens with one attached hydrogen (secondary N) is 3. The highest BCUT2D eigenvalue weighted by molar-refractivity contribution is 6.35. The molecule has 168 valence electrons. The smallest absolute Gasteiger partial charge is 0.309 e. The van der Waals surface area contributed by atoms with Crippen LogP contribution in [0.2, 0.25) is 0 Å². The molecule has 1 saturated heterocycles. The number of carbonyl (C=O) groups excluding carboxylic acids is 2. The average molecular weight is 432 g/mol. The minimum Gasteiger partial charge on any atom is -0.463 e. The lowest BCUT2D eigenvalue weighted by Gasteiger charge is -2.37. The van der Waals surface area contributed by atoms with Crippen molar-refractivity contribution in [2.75, 3.05) is 44.2 Å². The first-order valence-electron chi connectivity index (χ1n) is 10.9. The van der Waals surface area contributed by atoms with Crippen molar-refractivity contribution in [3.63, 3.8) is 0 Å². The molecular formula is C23H32FN4O3+. The number of carbonyl (C=O) groups is 2. The van der Waals surface area contributed by atoms with Crippen LogP contribution in [-0.2, 0) is 9.59 Å². The van der Waals surface area contributed by atoms with Crippen LogP contribution >= 0.6 is 0 Å². The van der Waals surface area contributed by atoms with Gasteiger partial charge in [0.2, 0.25) is 0 Å². The van der Waals surface area contributed by atoms with E-state index in [1.807, 2.05) is 23.1 Å². The number of hydrogen-bond acceptors (Lipinski definition) is 4. The molecule has 3 rings (SSSR count). The highest BCUT2D eigenvalue weighted by Gasteiger charge is 2.32. The molecule has 1 fully saturated rings. The van der Waals surface area contributed by atoms with E-state index < -0.39 is 11.8 Å². The molecule has 1 aliphatic heterocycles. The normalized spacial score (nSPS) is 15.7. The molecule has 2 amide bonds. The van der Waals surface area contributed by atoms with Gasteiger partial charge in [0, 0.05) is 6.54 Å². The number of benzene rings is 1. The Morgan fingerprint density at radius 1 is 1.10 bits per heavy atom. The molecule has 7 nitrogen and oxygen atoms in total. The van der Waals surface area contributed by atoms with Crippen LogP contribution in [0, 0.1) is 11.7 Å². The van der Waals surface area contributed by atoms with Gasteiger partial charge in [-0.25, -0.2) is 4.39 Å². The van der Waals surface area contributed by atoms with E-state index >= 15 is 0 Å². The van der Waals surface area contributed by atoms with Crippen molar-refractivity contribution in [1.82, 2.24) is 10.6 Å². The average Bonchev–Trinajstić information content (AvgIpc) is 3.29. The number of hydrogen-bond donors (Lipinski definition) is 3. The Morgan fingerprint density at radius 3 is 2.45 bits per heavy atom. The molecule has 0 unspecified atom stereocenters. The Bertz CT molecular complexity index is 848. The molecule has 8 heteroatoms. The first-order chi connectivity index (χ1) is 15.0. The molecule has 0 spiro atoms. The van der Waals surface area contributed by atoms with Gasteiger partial charge >= 0.3 is 11.8 Å². The lowest BCUT2D eigenvalue weighted by molar-refractivity contribution is -0.932. The van der Waals surface area contributed by atoms with Crippen LogP contribution in [0.15, 0.2) is 47.1 Å². The summed E-state index contributed by atoms with van der Waals surface area (Å²) >= 11 is 0. The molecular weight excluding hydrogens is 399 g/mol. The quantitative estimate of drug-likeness (QED) is 0.548. The van der Waals surface area contributed by atoms with Crippen molar-refractivity contribution in [3.8, 4) is 0 Å². The van der Waals surface area contributed by atoms with Gasteiger partial charge in [0.15, 0.2) is 11.8 Å².